The van der Waals surface area contributed by atoms with Gasteiger partial charge in [-0.1, -0.05) is 23.2 Å². The predicted octanol–water partition coefficient (Wildman–Crippen LogP) is 2.88. The summed E-state index contributed by atoms with van der Waals surface area (Å²) in [5.41, 5.74) is 7.57. The topological polar surface area (TPSA) is 63.9 Å². The second-order valence-corrected chi connectivity index (χ2v) is 5.78. The van der Waals surface area contributed by atoms with Crippen molar-refractivity contribution in [1.82, 2.24) is 9.97 Å². The van der Waals surface area contributed by atoms with Gasteiger partial charge in [0.1, 0.15) is 5.82 Å². The van der Waals surface area contributed by atoms with Crippen molar-refractivity contribution in [3.05, 3.63) is 28.0 Å². The number of aromatic nitrogens is 2. The standard InChI is InChI=1S/C13H15Cl2N3O/c14-8-5-10-11(6-9(8)15)18-12(17-10)13(7-16)1-3-19-4-2-13/h5-6H,1-4,7,16H2,(H,17,18). The summed E-state index contributed by atoms with van der Waals surface area (Å²) in [7, 11) is 0. The fourth-order valence-corrected chi connectivity index (χ4v) is 2.88. The van der Waals surface area contributed by atoms with Crippen LogP contribution in [0.4, 0.5) is 0 Å². The largest absolute Gasteiger partial charge is 0.381 e. The summed E-state index contributed by atoms with van der Waals surface area (Å²) in [5, 5.41) is 1.04. The molecule has 0 radical (unpaired) electrons. The molecule has 4 nitrogen and oxygen atoms in total. The third kappa shape index (κ3) is 2.23. The molecule has 0 unspecified atom stereocenters. The van der Waals surface area contributed by atoms with Gasteiger partial charge in [-0.25, -0.2) is 4.98 Å². The molecule has 0 spiro atoms. The first-order chi connectivity index (χ1) is 9.14. The van der Waals surface area contributed by atoms with Gasteiger partial charge in [-0.15, -0.1) is 0 Å². The molecule has 0 bridgehead atoms. The molecule has 1 aromatic heterocycles. The van der Waals surface area contributed by atoms with E-state index in [2.05, 4.69) is 9.97 Å². The maximum atomic E-state index is 6.03. The van der Waals surface area contributed by atoms with Gasteiger partial charge in [0.05, 0.1) is 21.1 Å². The van der Waals surface area contributed by atoms with E-state index in [0.29, 0.717) is 16.6 Å². The van der Waals surface area contributed by atoms with Gasteiger partial charge in [0.25, 0.3) is 0 Å². The highest BCUT2D eigenvalue weighted by atomic mass is 35.5. The van der Waals surface area contributed by atoms with Crippen LogP contribution in [0, 0.1) is 0 Å². The van der Waals surface area contributed by atoms with Gasteiger partial charge in [-0.05, 0) is 25.0 Å². The summed E-state index contributed by atoms with van der Waals surface area (Å²) >= 11 is 12.0. The van der Waals surface area contributed by atoms with Crippen LogP contribution in [0.3, 0.4) is 0 Å². The molecule has 1 aromatic carbocycles. The highest BCUT2D eigenvalue weighted by molar-refractivity contribution is 6.42. The molecule has 1 saturated heterocycles. The van der Waals surface area contributed by atoms with Gasteiger partial charge >= 0.3 is 0 Å². The summed E-state index contributed by atoms with van der Waals surface area (Å²) < 4.78 is 5.42. The molecule has 3 N–H and O–H groups in total. The molecule has 0 amide bonds. The van der Waals surface area contributed by atoms with Gasteiger partial charge in [0.2, 0.25) is 0 Å². The molecular formula is C13H15Cl2N3O. The number of fused-ring (bicyclic) bond motifs is 1. The number of rotatable bonds is 2. The Bertz CT molecular complexity index is 566. The molecule has 19 heavy (non-hydrogen) atoms. The van der Waals surface area contributed by atoms with Crippen molar-refractivity contribution in [1.29, 1.82) is 0 Å². The number of hydrogen-bond donors (Lipinski definition) is 2. The van der Waals surface area contributed by atoms with Crippen LogP contribution in [-0.4, -0.2) is 29.7 Å². The fourth-order valence-electron chi connectivity index (χ4n) is 2.56. The number of hydrogen-bond acceptors (Lipinski definition) is 3. The monoisotopic (exact) mass is 299 g/mol. The van der Waals surface area contributed by atoms with E-state index in [4.69, 9.17) is 33.7 Å². The van der Waals surface area contributed by atoms with Crippen LogP contribution in [0.25, 0.3) is 11.0 Å². The number of nitrogens with two attached hydrogens (primary N) is 1. The van der Waals surface area contributed by atoms with Gasteiger partial charge < -0.3 is 15.5 Å². The Morgan fingerprint density at radius 1 is 1.26 bits per heavy atom. The van der Waals surface area contributed by atoms with Crippen molar-refractivity contribution < 1.29 is 4.74 Å². The lowest BCUT2D eigenvalue weighted by atomic mass is 9.79. The molecule has 6 heteroatoms. The van der Waals surface area contributed by atoms with Crippen LogP contribution < -0.4 is 5.73 Å². The van der Waals surface area contributed by atoms with Gasteiger partial charge in [0, 0.05) is 25.2 Å². The molecule has 1 fully saturated rings. The number of nitrogens with one attached hydrogen (secondary N) is 1. The Morgan fingerprint density at radius 3 is 2.63 bits per heavy atom. The van der Waals surface area contributed by atoms with Gasteiger partial charge in [0.15, 0.2) is 0 Å². The van der Waals surface area contributed by atoms with Crippen LogP contribution in [0.2, 0.25) is 10.0 Å². The van der Waals surface area contributed by atoms with E-state index in [-0.39, 0.29) is 5.41 Å². The summed E-state index contributed by atoms with van der Waals surface area (Å²) in [6.07, 6.45) is 1.76. The highest BCUT2D eigenvalue weighted by Gasteiger charge is 2.36. The third-order valence-electron chi connectivity index (χ3n) is 3.87. The second-order valence-electron chi connectivity index (χ2n) is 4.97. The van der Waals surface area contributed by atoms with E-state index in [1.165, 1.54) is 0 Å². The zero-order valence-electron chi connectivity index (χ0n) is 10.4. The van der Waals surface area contributed by atoms with Crippen molar-refractivity contribution in [2.45, 2.75) is 18.3 Å². The summed E-state index contributed by atoms with van der Waals surface area (Å²) in [4.78, 5) is 7.98. The van der Waals surface area contributed by atoms with E-state index in [1.807, 2.05) is 0 Å². The third-order valence-corrected chi connectivity index (χ3v) is 4.59. The first-order valence-electron chi connectivity index (χ1n) is 6.28. The molecular weight excluding hydrogens is 285 g/mol. The van der Waals surface area contributed by atoms with Crippen LogP contribution in [0.1, 0.15) is 18.7 Å². The summed E-state index contributed by atoms with van der Waals surface area (Å²) in [5.74, 6) is 0.909. The zero-order valence-corrected chi connectivity index (χ0v) is 11.9. The van der Waals surface area contributed by atoms with Crippen LogP contribution in [-0.2, 0) is 10.2 Å². The average Bonchev–Trinajstić information content (AvgIpc) is 2.83. The second kappa shape index (κ2) is 4.94. The maximum Gasteiger partial charge on any atom is 0.114 e. The molecule has 1 aliphatic heterocycles. The number of nitrogens with zero attached hydrogens (tertiary/aromatic N) is 1. The Balaban J connectivity index is 2.09. The van der Waals surface area contributed by atoms with Crippen molar-refractivity contribution in [2.75, 3.05) is 19.8 Å². The Kier molecular flexibility index (Phi) is 3.43. The summed E-state index contributed by atoms with van der Waals surface area (Å²) in [6.45, 7) is 1.99. The van der Waals surface area contributed by atoms with Gasteiger partial charge in [-0.2, -0.15) is 0 Å². The van der Waals surface area contributed by atoms with Crippen molar-refractivity contribution >= 4 is 34.2 Å². The molecule has 102 valence electrons. The van der Waals surface area contributed by atoms with Gasteiger partial charge in [-0.3, -0.25) is 0 Å². The Hall–Kier alpha value is -0.810. The van der Waals surface area contributed by atoms with E-state index < -0.39 is 0 Å². The summed E-state index contributed by atoms with van der Waals surface area (Å²) in [6, 6.07) is 3.59. The normalized spacial score (nSPS) is 18.9. The van der Waals surface area contributed by atoms with Crippen molar-refractivity contribution in [2.24, 2.45) is 5.73 Å². The SMILES string of the molecule is NCC1(c2nc3cc(Cl)c(Cl)cc3[nH]2)CCOCC1. The van der Waals surface area contributed by atoms with Crippen LogP contribution >= 0.6 is 23.2 Å². The quantitative estimate of drug-likeness (QED) is 0.896. The Morgan fingerprint density at radius 2 is 1.95 bits per heavy atom. The molecule has 1 aliphatic rings. The fraction of sp³-hybridized carbons (Fsp3) is 0.462. The van der Waals surface area contributed by atoms with E-state index in [1.54, 1.807) is 12.1 Å². The molecule has 0 aliphatic carbocycles. The Labute approximate surface area is 121 Å². The maximum absolute atomic E-state index is 6.03. The molecule has 2 aromatic rings. The number of halogens is 2. The number of ether oxygens (including phenoxy) is 1. The minimum Gasteiger partial charge on any atom is -0.381 e. The van der Waals surface area contributed by atoms with E-state index in [9.17, 15) is 0 Å². The van der Waals surface area contributed by atoms with Crippen molar-refractivity contribution in [3.8, 4) is 0 Å². The van der Waals surface area contributed by atoms with E-state index in [0.717, 1.165) is 42.9 Å². The predicted molar refractivity (Wildman–Crippen MR) is 76.9 cm³/mol. The lowest BCUT2D eigenvalue weighted by Gasteiger charge is -2.34. The minimum atomic E-state index is -0.129. The smallest absolute Gasteiger partial charge is 0.114 e. The lowest BCUT2D eigenvalue weighted by Crippen LogP contribution is -2.41. The lowest BCUT2D eigenvalue weighted by molar-refractivity contribution is 0.0503. The molecule has 0 saturated carbocycles. The number of aromatic amines is 1. The van der Waals surface area contributed by atoms with Crippen LogP contribution in [0.5, 0.6) is 0 Å². The average molecular weight is 300 g/mol. The van der Waals surface area contributed by atoms with E-state index >= 15 is 0 Å². The molecule has 0 atom stereocenters. The first kappa shape index (κ1) is 13.2. The number of H-pyrrole nitrogens is 1. The first-order valence-corrected chi connectivity index (χ1v) is 7.03. The zero-order chi connectivity index (χ0) is 13.5. The number of imidazole rings is 1. The minimum absolute atomic E-state index is 0.129. The molecule has 2 heterocycles. The number of benzene rings is 1. The van der Waals surface area contributed by atoms with Crippen molar-refractivity contribution in [3.63, 3.8) is 0 Å². The molecule has 3 rings (SSSR count). The van der Waals surface area contributed by atoms with Crippen LogP contribution in [0.15, 0.2) is 12.1 Å². The highest BCUT2D eigenvalue weighted by Crippen LogP contribution is 2.34.